The molecule has 0 saturated heterocycles. The molecule has 0 amide bonds. The summed E-state index contributed by atoms with van der Waals surface area (Å²) in [7, 11) is 1.65. The number of aromatic nitrogens is 1. The summed E-state index contributed by atoms with van der Waals surface area (Å²) in [5.41, 5.74) is 3.45. The molecule has 0 atom stereocenters. The largest absolute Gasteiger partial charge is 0.497 e. The summed E-state index contributed by atoms with van der Waals surface area (Å²) < 4.78 is 10.9. The number of benzene rings is 2. The van der Waals surface area contributed by atoms with Crippen molar-refractivity contribution in [1.29, 1.82) is 0 Å². The standard InChI is InChI=1S/C22H20N4O2/c1-3-28-18-8-9-19-20(14-18)25-21(15-4-6-17(27-2)7-5-15)26-22(24-19)16-10-12-23-13-11-16/h4-14H,3H2,1-2H3,(H,24,25,26). The number of methoxy groups -OCH3 is 1. The molecule has 0 aliphatic carbocycles. The fourth-order valence-corrected chi connectivity index (χ4v) is 2.89. The Kier molecular flexibility index (Phi) is 5.01. The lowest BCUT2D eigenvalue weighted by Gasteiger charge is -2.12. The van der Waals surface area contributed by atoms with Gasteiger partial charge >= 0.3 is 0 Å². The second kappa shape index (κ2) is 7.92. The summed E-state index contributed by atoms with van der Waals surface area (Å²) in [4.78, 5) is 13.7. The van der Waals surface area contributed by atoms with Gasteiger partial charge in [0.25, 0.3) is 0 Å². The average Bonchev–Trinajstić information content (AvgIpc) is 2.94. The first-order valence-corrected chi connectivity index (χ1v) is 9.03. The summed E-state index contributed by atoms with van der Waals surface area (Å²) in [6.45, 7) is 2.56. The van der Waals surface area contributed by atoms with E-state index < -0.39 is 0 Å². The molecule has 1 aromatic heterocycles. The predicted octanol–water partition coefficient (Wildman–Crippen LogP) is 4.44. The van der Waals surface area contributed by atoms with Gasteiger partial charge in [0, 0.05) is 29.6 Å². The van der Waals surface area contributed by atoms with E-state index in [0.717, 1.165) is 34.0 Å². The quantitative estimate of drug-likeness (QED) is 0.719. The highest BCUT2D eigenvalue weighted by atomic mass is 16.5. The number of hydrogen-bond acceptors (Lipinski definition) is 6. The highest BCUT2D eigenvalue weighted by Crippen LogP contribution is 2.32. The number of nitrogens with zero attached hydrogens (tertiary/aromatic N) is 3. The van der Waals surface area contributed by atoms with E-state index in [1.165, 1.54) is 0 Å². The number of fused-ring (bicyclic) bond motifs is 1. The first-order valence-electron chi connectivity index (χ1n) is 9.03. The third-order valence-electron chi connectivity index (χ3n) is 4.28. The summed E-state index contributed by atoms with van der Waals surface area (Å²) in [6.07, 6.45) is 3.47. The van der Waals surface area contributed by atoms with Crippen LogP contribution in [-0.4, -0.2) is 30.4 Å². The summed E-state index contributed by atoms with van der Waals surface area (Å²) in [5.74, 6) is 2.89. The van der Waals surface area contributed by atoms with Crippen molar-refractivity contribution in [3.63, 3.8) is 0 Å². The number of hydrogen-bond donors (Lipinski definition) is 1. The topological polar surface area (TPSA) is 68.1 Å². The molecule has 0 radical (unpaired) electrons. The Morgan fingerprint density at radius 1 is 0.857 bits per heavy atom. The monoisotopic (exact) mass is 372 g/mol. The van der Waals surface area contributed by atoms with Crippen molar-refractivity contribution < 1.29 is 9.47 Å². The molecule has 6 nitrogen and oxygen atoms in total. The van der Waals surface area contributed by atoms with Crippen LogP contribution in [0.2, 0.25) is 0 Å². The molecule has 0 fully saturated rings. The zero-order valence-electron chi connectivity index (χ0n) is 15.7. The van der Waals surface area contributed by atoms with Crippen molar-refractivity contribution >= 4 is 23.0 Å². The van der Waals surface area contributed by atoms with E-state index >= 15 is 0 Å². The summed E-state index contributed by atoms with van der Waals surface area (Å²) in [5, 5.41) is 3.41. The second-order valence-corrected chi connectivity index (χ2v) is 6.10. The highest BCUT2D eigenvalue weighted by Gasteiger charge is 2.16. The van der Waals surface area contributed by atoms with Gasteiger partial charge in [-0.1, -0.05) is 0 Å². The van der Waals surface area contributed by atoms with Crippen LogP contribution >= 0.6 is 0 Å². The van der Waals surface area contributed by atoms with Gasteiger partial charge in [-0.3, -0.25) is 4.98 Å². The molecule has 0 spiro atoms. The van der Waals surface area contributed by atoms with Crippen LogP contribution in [0.25, 0.3) is 0 Å². The van der Waals surface area contributed by atoms with E-state index in [2.05, 4.69) is 10.3 Å². The number of pyridine rings is 1. The van der Waals surface area contributed by atoms with Gasteiger partial charge in [-0.2, -0.15) is 0 Å². The van der Waals surface area contributed by atoms with Crippen LogP contribution in [-0.2, 0) is 0 Å². The van der Waals surface area contributed by atoms with E-state index in [-0.39, 0.29) is 0 Å². The Labute approximate surface area is 163 Å². The van der Waals surface area contributed by atoms with Crippen LogP contribution in [0.5, 0.6) is 11.5 Å². The molecule has 6 heteroatoms. The van der Waals surface area contributed by atoms with Gasteiger partial charge in [0.05, 0.1) is 25.1 Å². The molecule has 0 bridgehead atoms. The van der Waals surface area contributed by atoms with E-state index in [0.29, 0.717) is 18.3 Å². The van der Waals surface area contributed by atoms with Crippen LogP contribution in [0.3, 0.4) is 0 Å². The number of amidine groups is 2. The van der Waals surface area contributed by atoms with Gasteiger partial charge in [-0.25, -0.2) is 9.98 Å². The molecule has 0 unspecified atom stereocenters. The summed E-state index contributed by atoms with van der Waals surface area (Å²) >= 11 is 0. The lowest BCUT2D eigenvalue weighted by Crippen LogP contribution is -2.15. The number of ether oxygens (including phenoxy) is 2. The van der Waals surface area contributed by atoms with Crippen molar-refractivity contribution in [2.24, 2.45) is 9.98 Å². The number of aliphatic imine (C=N–C) groups is 2. The minimum absolute atomic E-state index is 0.601. The number of anilines is 1. The lowest BCUT2D eigenvalue weighted by atomic mass is 10.1. The molecule has 140 valence electrons. The number of rotatable bonds is 5. The maximum atomic E-state index is 5.64. The Morgan fingerprint density at radius 2 is 1.61 bits per heavy atom. The van der Waals surface area contributed by atoms with Crippen molar-refractivity contribution in [3.8, 4) is 11.5 Å². The van der Waals surface area contributed by atoms with E-state index in [1.54, 1.807) is 19.5 Å². The van der Waals surface area contributed by atoms with Crippen LogP contribution in [0, 0.1) is 0 Å². The molecule has 3 aromatic rings. The zero-order chi connectivity index (χ0) is 19.3. The lowest BCUT2D eigenvalue weighted by molar-refractivity contribution is 0.340. The SMILES string of the molecule is CCOc1ccc2c(c1)NC(c1ccc(OC)cc1)=NC(c1ccncc1)=N2. The first-order chi connectivity index (χ1) is 13.8. The van der Waals surface area contributed by atoms with E-state index in [9.17, 15) is 0 Å². The van der Waals surface area contributed by atoms with Crippen LogP contribution in [0.4, 0.5) is 11.4 Å². The van der Waals surface area contributed by atoms with Crippen molar-refractivity contribution in [1.82, 2.24) is 4.98 Å². The molecule has 28 heavy (non-hydrogen) atoms. The zero-order valence-corrected chi connectivity index (χ0v) is 15.7. The van der Waals surface area contributed by atoms with Crippen molar-refractivity contribution in [2.75, 3.05) is 19.0 Å². The Morgan fingerprint density at radius 3 is 2.32 bits per heavy atom. The van der Waals surface area contributed by atoms with E-state index in [4.69, 9.17) is 19.5 Å². The fourth-order valence-electron chi connectivity index (χ4n) is 2.89. The molecular weight excluding hydrogens is 352 g/mol. The Hall–Kier alpha value is -3.67. The molecule has 0 saturated carbocycles. The van der Waals surface area contributed by atoms with Crippen LogP contribution < -0.4 is 14.8 Å². The third-order valence-corrected chi connectivity index (χ3v) is 4.28. The van der Waals surface area contributed by atoms with Gasteiger partial charge < -0.3 is 14.8 Å². The Balaban J connectivity index is 1.82. The van der Waals surface area contributed by atoms with E-state index in [1.807, 2.05) is 61.5 Å². The van der Waals surface area contributed by atoms with Gasteiger partial charge in [-0.05, 0) is 55.5 Å². The van der Waals surface area contributed by atoms with Gasteiger partial charge in [-0.15, -0.1) is 0 Å². The number of nitrogens with one attached hydrogen (secondary N) is 1. The fraction of sp³-hybridized carbons (Fsp3) is 0.136. The second-order valence-electron chi connectivity index (χ2n) is 6.10. The van der Waals surface area contributed by atoms with Crippen LogP contribution in [0.1, 0.15) is 18.1 Å². The molecule has 2 heterocycles. The first kappa shape index (κ1) is 17.7. The molecule has 1 aliphatic rings. The Bertz CT molecular complexity index is 1030. The molecule has 1 N–H and O–H groups in total. The van der Waals surface area contributed by atoms with Gasteiger partial charge in [0.1, 0.15) is 17.3 Å². The average molecular weight is 372 g/mol. The minimum Gasteiger partial charge on any atom is -0.497 e. The smallest absolute Gasteiger partial charge is 0.162 e. The van der Waals surface area contributed by atoms with Crippen LogP contribution in [0.15, 0.2) is 77.0 Å². The minimum atomic E-state index is 0.601. The van der Waals surface area contributed by atoms with Gasteiger partial charge in [0.2, 0.25) is 0 Å². The van der Waals surface area contributed by atoms with Crippen molar-refractivity contribution in [3.05, 3.63) is 78.1 Å². The third kappa shape index (κ3) is 3.71. The van der Waals surface area contributed by atoms with Gasteiger partial charge in [0.15, 0.2) is 5.84 Å². The summed E-state index contributed by atoms with van der Waals surface area (Å²) in [6, 6.07) is 17.3. The molecule has 2 aromatic carbocycles. The molecular formula is C22H20N4O2. The highest BCUT2D eigenvalue weighted by molar-refractivity contribution is 6.19. The van der Waals surface area contributed by atoms with Crippen molar-refractivity contribution in [2.45, 2.75) is 6.92 Å². The molecule has 4 rings (SSSR count). The maximum Gasteiger partial charge on any atom is 0.162 e. The molecule has 1 aliphatic heterocycles. The predicted molar refractivity (Wildman–Crippen MR) is 111 cm³/mol. The maximum absolute atomic E-state index is 5.64. The normalized spacial score (nSPS) is 12.8.